The monoisotopic (exact) mass is 456 g/mol. The third-order valence-electron chi connectivity index (χ3n) is 4.97. The number of esters is 2. The minimum absolute atomic E-state index is 0.244. The number of hydrogen-bond acceptors (Lipinski definition) is 8. The van der Waals surface area contributed by atoms with Gasteiger partial charge in [-0.05, 0) is 61.4 Å². The predicted octanol–water partition coefficient (Wildman–Crippen LogP) is 3.51. The van der Waals surface area contributed by atoms with Crippen LogP contribution in [0.15, 0.2) is 60.0 Å². The maximum Gasteiger partial charge on any atom is 0.338 e. The summed E-state index contributed by atoms with van der Waals surface area (Å²) in [7, 11) is 0. The zero-order valence-electron chi connectivity index (χ0n) is 18.5. The quantitative estimate of drug-likeness (QED) is 0.315. The smallest absolute Gasteiger partial charge is 0.338 e. The number of carbonyl (C=O) groups excluding carboxylic acids is 2. The first kappa shape index (κ1) is 25.6. The van der Waals surface area contributed by atoms with Crippen molar-refractivity contribution in [1.82, 2.24) is 0 Å². The lowest BCUT2D eigenvalue weighted by atomic mass is 9.83. The molecule has 8 heteroatoms. The van der Waals surface area contributed by atoms with Crippen LogP contribution in [0.3, 0.4) is 0 Å². The van der Waals surface area contributed by atoms with Crippen LogP contribution < -0.4 is 0 Å². The number of rotatable bonds is 10. The Kier molecular flexibility index (Phi) is 9.20. The van der Waals surface area contributed by atoms with E-state index < -0.39 is 42.1 Å². The minimum Gasteiger partial charge on any atom is -0.511 e. The molecule has 0 aromatic heterocycles. The van der Waals surface area contributed by atoms with Gasteiger partial charge in [-0.25, -0.2) is 9.59 Å². The molecule has 0 unspecified atom stereocenters. The second kappa shape index (κ2) is 11.8. The number of aliphatic hydroxyl groups is 4. The highest BCUT2D eigenvalue weighted by molar-refractivity contribution is 5.90. The van der Waals surface area contributed by atoms with Gasteiger partial charge in [0, 0.05) is 0 Å². The molecule has 0 aliphatic rings. The Hall–Kier alpha value is -3.62. The van der Waals surface area contributed by atoms with Crippen LogP contribution in [0.2, 0.25) is 0 Å². The fourth-order valence-electron chi connectivity index (χ4n) is 2.96. The second-order valence-electron chi connectivity index (χ2n) is 7.14. The second-order valence-corrected chi connectivity index (χ2v) is 7.14. The summed E-state index contributed by atoms with van der Waals surface area (Å²) in [6, 6.07) is 12.3. The number of ether oxygens (including phenoxy) is 2. The molecule has 0 heterocycles. The largest absolute Gasteiger partial charge is 0.511 e. The van der Waals surface area contributed by atoms with E-state index in [-0.39, 0.29) is 13.2 Å². The third-order valence-corrected chi connectivity index (χ3v) is 4.97. The van der Waals surface area contributed by atoms with Crippen LogP contribution in [0, 0.1) is 5.41 Å². The van der Waals surface area contributed by atoms with E-state index in [4.69, 9.17) is 9.47 Å². The molecule has 176 valence electrons. The lowest BCUT2D eigenvalue weighted by Crippen LogP contribution is -2.34. The Bertz CT molecular complexity index is 920. The fraction of sp³-hybridized carbons (Fsp3) is 0.280. The maximum absolute atomic E-state index is 11.8. The molecule has 33 heavy (non-hydrogen) atoms. The van der Waals surface area contributed by atoms with Crippen LogP contribution in [0.4, 0.5) is 0 Å². The van der Waals surface area contributed by atoms with Crippen LogP contribution in [0.1, 0.15) is 45.7 Å². The Morgan fingerprint density at radius 3 is 1.33 bits per heavy atom. The molecule has 0 radical (unpaired) electrons. The number of aliphatic hydroxyl groups excluding tert-OH is 4. The Morgan fingerprint density at radius 2 is 1.06 bits per heavy atom. The Balaban J connectivity index is 2.31. The summed E-state index contributed by atoms with van der Waals surface area (Å²) in [6.07, 6.45) is 2.55. The molecule has 0 atom stereocenters. The van der Waals surface area contributed by atoms with Crippen LogP contribution in [-0.2, 0) is 9.47 Å². The van der Waals surface area contributed by atoms with Gasteiger partial charge >= 0.3 is 11.9 Å². The molecule has 0 aliphatic heterocycles. The zero-order valence-corrected chi connectivity index (χ0v) is 18.5. The number of benzene rings is 2. The predicted molar refractivity (Wildman–Crippen MR) is 123 cm³/mol. The van der Waals surface area contributed by atoms with Crippen LogP contribution in [0.5, 0.6) is 0 Å². The van der Waals surface area contributed by atoms with E-state index >= 15 is 0 Å². The standard InChI is InChI=1S/C25H28O8/c1-3-32-23(30)19-9-5-17(6-10-19)13-21(28)25(15-26,16-27)22(29)14-18-7-11-20(12-8-18)24(31)33-4-2/h5-14,26-29H,3-4,15-16H2,1-2H3. The van der Waals surface area contributed by atoms with Gasteiger partial charge in [-0.15, -0.1) is 0 Å². The molecular weight excluding hydrogens is 428 g/mol. The van der Waals surface area contributed by atoms with Gasteiger partial charge in [-0.3, -0.25) is 0 Å². The molecule has 8 nitrogen and oxygen atoms in total. The average molecular weight is 456 g/mol. The first-order chi connectivity index (χ1) is 15.8. The molecule has 0 saturated heterocycles. The van der Waals surface area contributed by atoms with E-state index in [1.165, 1.54) is 36.4 Å². The molecule has 0 amide bonds. The van der Waals surface area contributed by atoms with Gasteiger partial charge in [0.15, 0.2) is 0 Å². The Labute approximate surface area is 192 Å². The molecule has 0 bridgehead atoms. The SMILES string of the molecule is CCOC(=O)c1ccc(C=C(O)C(CO)(CO)C(O)=Cc2ccc(C(=O)OCC)cc2)cc1. The summed E-state index contributed by atoms with van der Waals surface area (Å²) in [5.74, 6) is -1.92. The molecule has 2 aromatic carbocycles. The minimum atomic E-state index is -1.86. The van der Waals surface area contributed by atoms with E-state index in [0.29, 0.717) is 22.3 Å². The van der Waals surface area contributed by atoms with E-state index in [1.54, 1.807) is 38.1 Å². The highest BCUT2D eigenvalue weighted by atomic mass is 16.5. The van der Waals surface area contributed by atoms with E-state index in [1.807, 2.05) is 0 Å². The molecule has 4 N–H and O–H groups in total. The highest BCUT2D eigenvalue weighted by Gasteiger charge is 2.38. The maximum atomic E-state index is 11.8. The van der Waals surface area contributed by atoms with Crippen molar-refractivity contribution in [2.45, 2.75) is 13.8 Å². The van der Waals surface area contributed by atoms with Gasteiger partial charge in [-0.2, -0.15) is 0 Å². The van der Waals surface area contributed by atoms with Crippen LogP contribution >= 0.6 is 0 Å². The summed E-state index contributed by atoms with van der Waals surface area (Å²) in [5, 5.41) is 41.3. The summed E-state index contributed by atoms with van der Waals surface area (Å²) < 4.78 is 9.84. The van der Waals surface area contributed by atoms with Crippen molar-refractivity contribution >= 4 is 24.1 Å². The molecule has 0 fully saturated rings. The van der Waals surface area contributed by atoms with Gasteiger partial charge in [0.25, 0.3) is 0 Å². The molecule has 2 rings (SSSR count). The molecule has 0 aliphatic carbocycles. The van der Waals surface area contributed by atoms with Crippen molar-refractivity contribution in [3.63, 3.8) is 0 Å². The lowest BCUT2D eigenvalue weighted by molar-refractivity contribution is 0.0485. The van der Waals surface area contributed by atoms with Gasteiger partial charge < -0.3 is 29.9 Å². The van der Waals surface area contributed by atoms with Crippen LogP contribution in [-0.4, -0.2) is 58.8 Å². The normalized spacial score (nSPS) is 12.4. The first-order valence-corrected chi connectivity index (χ1v) is 10.4. The lowest BCUT2D eigenvalue weighted by Gasteiger charge is -2.28. The molecule has 0 spiro atoms. The van der Waals surface area contributed by atoms with E-state index in [2.05, 4.69) is 0 Å². The number of carbonyl (C=O) groups is 2. The van der Waals surface area contributed by atoms with Crippen LogP contribution in [0.25, 0.3) is 12.2 Å². The summed E-state index contributed by atoms with van der Waals surface area (Å²) >= 11 is 0. The van der Waals surface area contributed by atoms with Crippen molar-refractivity contribution in [2.24, 2.45) is 5.41 Å². The van der Waals surface area contributed by atoms with Crippen molar-refractivity contribution in [3.8, 4) is 0 Å². The third kappa shape index (κ3) is 6.21. The van der Waals surface area contributed by atoms with Crippen molar-refractivity contribution in [3.05, 3.63) is 82.3 Å². The van der Waals surface area contributed by atoms with Gasteiger partial charge in [0.05, 0.1) is 37.6 Å². The summed E-state index contributed by atoms with van der Waals surface area (Å²) in [5.41, 5.74) is -0.257. The molecular formula is C25H28O8. The zero-order chi connectivity index (χ0) is 24.4. The summed E-state index contributed by atoms with van der Waals surface area (Å²) in [6.45, 7) is 2.32. The molecule has 2 aromatic rings. The summed E-state index contributed by atoms with van der Waals surface area (Å²) in [4.78, 5) is 23.5. The molecule has 0 saturated carbocycles. The van der Waals surface area contributed by atoms with Gasteiger partial charge in [-0.1, -0.05) is 24.3 Å². The Morgan fingerprint density at radius 1 is 0.727 bits per heavy atom. The van der Waals surface area contributed by atoms with Gasteiger partial charge in [0.1, 0.15) is 16.9 Å². The van der Waals surface area contributed by atoms with Gasteiger partial charge in [0.2, 0.25) is 0 Å². The topological polar surface area (TPSA) is 134 Å². The van der Waals surface area contributed by atoms with Crippen molar-refractivity contribution < 1.29 is 39.5 Å². The fourth-order valence-corrected chi connectivity index (χ4v) is 2.96. The van der Waals surface area contributed by atoms with E-state index in [9.17, 15) is 30.0 Å². The first-order valence-electron chi connectivity index (χ1n) is 10.4. The van der Waals surface area contributed by atoms with Crippen molar-refractivity contribution in [2.75, 3.05) is 26.4 Å². The van der Waals surface area contributed by atoms with E-state index in [0.717, 1.165) is 0 Å². The van der Waals surface area contributed by atoms with Crippen molar-refractivity contribution in [1.29, 1.82) is 0 Å². The number of hydrogen-bond donors (Lipinski definition) is 4. The average Bonchev–Trinajstić information content (AvgIpc) is 2.81. The highest BCUT2D eigenvalue weighted by Crippen LogP contribution is 2.34.